The Kier molecular flexibility index (Phi) is 77.3. The molecule has 0 saturated carbocycles. The summed E-state index contributed by atoms with van der Waals surface area (Å²) in [6, 6.07) is 0. The normalized spacial score (nSPS) is 12.8. The maximum atomic E-state index is 10.9. The van der Waals surface area contributed by atoms with Crippen LogP contribution in [0.3, 0.4) is 0 Å². The molecule has 83 heavy (non-hydrogen) atoms. The Balaban J connectivity index is -0.00000152. The molecular weight excluding hydrogens is 1100 g/mol. The monoisotopic (exact) mass is 1240 g/mol. The van der Waals surface area contributed by atoms with E-state index in [2.05, 4.69) is 60.4 Å². The third-order valence-corrected chi connectivity index (χ3v) is 17.8. The Hall–Kier alpha value is 0.480. The van der Waals surface area contributed by atoms with Crippen molar-refractivity contribution < 1.29 is 34.3 Å². The molecule has 0 aliphatic heterocycles. The van der Waals surface area contributed by atoms with E-state index < -0.39 is 20.8 Å². The molecule has 11 heteroatoms. The van der Waals surface area contributed by atoms with Crippen molar-refractivity contribution in [2.75, 3.05) is 13.2 Å². The Morgan fingerprint density at radius 1 is 0.265 bits per heavy atom. The fourth-order valence-electron chi connectivity index (χ4n) is 11.5. The summed E-state index contributed by atoms with van der Waals surface area (Å²) in [6.45, 7) is 9.06. The third-order valence-electron chi connectivity index (χ3n) is 17.0. The zero-order valence-electron chi connectivity index (χ0n) is 56.1. The van der Waals surface area contributed by atoms with Gasteiger partial charge in [-0.2, -0.15) is 0 Å². The van der Waals surface area contributed by atoms with Crippen LogP contribution in [-0.4, -0.2) is 76.9 Å². The summed E-state index contributed by atoms with van der Waals surface area (Å²) in [6.07, 6.45) is 87.8. The minimum Gasteiger partial charge on any atom is -0.726 e. The molecule has 2 unspecified atom stereocenters. The van der Waals surface area contributed by atoms with Gasteiger partial charge in [0.2, 0.25) is 20.8 Å². The van der Waals surface area contributed by atoms with Gasteiger partial charge in [0.15, 0.2) is 0 Å². The molecule has 0 amide bonds. The van der Waals surface area contributed by atoms with E-state index in [0.717, 1.165) is 38.5 Å². The molecule has 0 heterocycles. The average molecular weight is 1240 g/mol. The first-order valence-corrected chi connectivity index (χ1v) is 39.2. The van der Waals surface area contributed by atoms with E-state index in [4.69, 9.17) is 0 Å². The van der Waals surface area contributed by atoms with Gasteiger partial charge in [0, 0.05) is 11.8 Å². The molecule has 0 aliphatic carbocycles. The summed E-state index contributed by atoms with van der Waals surface area (Å²) >= 11 is 0. The van der Waals surface area contributed by atoms with Crippen molar-refractivity contribution in [3.05, 3.63) is 24.3 Å². The summed E-state index contributed by atoms with van der Waals surface area (Å²) in [4.78, 5) is 0. The van der Waals surface area contributed by atoms with E-state index in [1.165, 1.54) is 347 Å². The quantitative estimate of drug-likeness (QED) is 0.0193. The summed E-state index contributed by atoms with van der Waals surface area (Å²) in [7, 11) is -9.24. The molecular formula is C72H142CaO8S2. The fraction of sp³-hybridized carbons (Fsp3) is 0.944. The van der Waals surface area contributed by atoms with Crippen molar-refractivity contribution in [3.63, 3.8) is 0 Å². The predicted molar refractivity (Wildman–Crippen MR) is 362 cm³/mol. The molecule has 0 aromatic rings. The van der Waals surface area contributed by atoms with Crippen LogP contribution >= 0.6 is 0 Å². The second-order valence-corrected chi connectivity index (χ2v) is 27.4. The second kappa shape index (κ2) is 73.2. The molecule has 0 spiro atoms. The van der Waals surface area contributed by atoms with Crippen LogP contribution in [0, 0.1) is 11.8 Å². The Bertz CT molecular complexity index is 1380. The van der Waals surface area contributed by atoms with E-state index in [9.17, 15) is 25.9 Å². The average Bonchev–Trinajstić information content (AvgIpc) is 3.45. The van der Waals surface area contributed by atoms with E-state index in [-0.39, 0.29) is 62.8 Å². The van der Waals surface area contributed by atoms with Crippen molar-refractivity contribution >= 4 is 58.5 Å². The first kappa shape index (κ1) is 87.7. The van der Waals surface area contributed by atoms with Gasteiger partial charge in [0.05, 0.1) is 13.2 Å². The molecule has 0 fully saturated rings. The molecule has 0 aromatic carbocycles. The number of hydrogen-bond acceptors (Lipinski definition) is 8. The van der Waals surface area contributed by atoms with Crippen molar-refractivity contribution in [2.45, 2.75) is 413 Å². The first-order valence-electron chi connectivity index (χ1n) is 36.5. The molecule has 0 bridgehead atoms. The van der Waals surface area contributed by atoms with E-state index >= 15 is 0 Å². The molecule has 492 valence electrons. The number of rotatable bonds is 68. The predicted octanol–water partition coefficient (Wildman–Crippen LogP) is 24.4. The van der Waals surface area contributed by atoms with Crippen molar-refractivity contribution in [3.8, 4) is 0 Å². The Morgan fingerprint density at radius 3 is 0.590 bits per heavy atom. The van der Waals surface area contributed by atoms with Crippen LogP contribution in [-0.2, 0) is 29.2 Å². The molecule has 0 rings (SSSR count). The van der Waals surface area contributed by atoms with Crippen molar-refractivity contribution in [1.82, 2.24) is 0 Å². The first-order chi connectivity index (χ1) is 40.0. The molecule has 8 nitrogen and oxygen atoms in total. The molecule has 2 atom stereocenters. The molecule has 0 N–H and O–H groups in total. The molecule has 0 saturated heterocycles. The fourth-order valence-corrected chi connectivity index (χ4v) is 12.2. The smallest absolute Gasteiger partial charge is 0.726 e. The van der Waals surface area contributed by atoms with E-state index in [0.29, 0.717) is 0 Å². The van der Waals surface area contributed by atoms with Crippen molar-refractivity contribution in [1.29, 1.82) is 0 Å². The van der Waals surface area contributed by atoms with Crippen LogP contribution in [0.4, 0.5) is 0 Å². The summed E-state index contributed by atoms with van der Waals surface area (Å²) < 4.78 is 74.9. The number of allylic oxidation sites excluding steroid dienone is 2. The van der Waals surface area contributed by atoms with E-state index in [1.54, 1.807) is 0 Å². The minimum absolute atomic E-state index is 0. The Labute approximate surface area is 550 Å². The van der Waals surface area contributed by atoms with Gasteiger partial charge >= 0.3 is 37.7 Å². The summed E-state index contributed by atoms with van der Waals surface area (Å²) in [5.74, 6) is 0.0335. The van der Waals surface area contributed by atoms with Crippen LogP contribution in [0.5, 0.6) is 0 Å². The van der Waals surface area contributed by atoms with Crippen LogP contribution in [0.1, 0.15) is 413 Å². The molecule has 0 radical (unpaired) electrons. The maximum absolute atomic E-state index is 10.9. The van der Waals surface area contributed by atoms with Gasteiger partial charge < -0.3 is 9.11 Å². The SMILES string of the molecule is CCCCCCCCCCCCCCCCCCC/C=C/C(CCCCCCCCCCCCC)COS(=O)(=O)[O-].CCCCCCCCCCCCCCCCCCC/C=C/C(CCCCCCCCCCCCC)COS(=O)(=O)[O-].[Ca+2]. The minimum atomic E-state index is -4.62. The van der Waals surface area contributed by atoms with E-state index in [1.807, 2.05) is 0 Å². The topological polar surface area (TPSA) is 133 Å². The standard InChI is InChI=1S/2C36H72O4S.Ca/c2*1-3-5-7-9-11-13-15-16-17-18-19-20-21-22-24-26-28-30-32-34-36(35-40-41(37,38)39)33-31-29-27-25-23-14-12-10-8-6-4-2;/h2*32,34,36H,3-31,33,35H2,1-2H3,(H,37,38,39);/q;;+2/p-2/b2*34-32+;. The maximum Gasteiger partial charge on any atom is 2.00 e. The van der Waals surface area contributed by atoms with Gasteiger partial charge in [-0.25, -0.2) is 16.8 Å². The van der Waals surface area contributed by atoms with Gasteiger partial charge in [0.1, 0.15) is 0 Å². The summed E-state index contributed by atoms with van der Waals surface area (Å²) in [5.41, 5.74) is 0. The Morgan fingerprint density at radius 2 is 0.422 bits per heavy atom. The van der Waals surface area contributed by atoms with Crippen LogP contribution in [0.2, 0.25) is 0 Å². The zero-order valence-corrected chi connectivity index (χ0v) is 59.9. The summed E-state index contributed by atoms with van der Waals surface area (Å²) in [5, 5.41) is 0. The van der Waals surface area contributed by atoms with Gasteiger partial charge in [-0.05, 0) is 38.5 Å². The largest absolute Gasteiger partial charge is 2.00 e. The second-order valence-electron chi connectivity index (χ2n) is 25.3. The van der Waals surface area contributed by atoms with Crippen molar-refractivity contribution in [2.24, 2.45) is 11.8 Å². The van der Waals surface area contributed by atoms with Gasteiger partial charge in [-0.3, -0.25) is 8.37 Å². The van der Waals surface area contributed by atoms with Gasteiger partial charge in [0.25, 0.3) is 0 Å². The van der Waals surface area contributed by atoms with Crippen LogP contribution < -0.4 is 0 Å². The number of unbranched alkanes of at least 4 members (excludes halogenated alkanes) is 54. The molecule has 0 aromatic heterocycles. The van der Waals surface area contributed by atoms with Crippen LogP contribution in [0.15, 0.2) is 24.3 Å². The van der Waals surface area contributed by atoms with Gasteiger partial charge in [-0.15, -0.1) is 0 Å². The molecule has 0 aliphatic rings. The van der Waals surface area contributed by atoms with Crippen LogP contribution in [0.25, 0.3) is 0 Å². The number of hydrogen-bond donors (Lipinski definition) is 0. The van der Waals surface area contributed by atoms with Gasteiger partial charge in [-0.1, -0.05) is 399 Å². The zero-order chi connectivity index (χ0) is 60.2. The third kappa shape index (κ3) is 82.5.